The number of halogens is 1. The average molecular weight is 338 g/mol. The Balaban J connectivity index is 0.00000400. The van der Waals surface area contributed by atoms with E-state index in [-0.39, 0.29) is 30.3 Å². The predicted molar refractivity (Wildman–Crippen MR) is 90.9 cm³/mol. The van der Waals surface area contributed by atoms with Crippen LogP contribution in [0.3, 0.4) is 0 Å². The van der Waals surface area contributed by atoms with E-state index in [9.17, 15) is 9.59 Å². The van der Waals surface area contributed by atoms with Crippen LogP contribution in [0.2, 0.25) is 0 Å². The third-order valence-corrected chi connectivity index (χ3v) is 4.29. The number of hydrogen-bond donors (Lipinski definition) is 2. The van der Waals surface area contributed by atoms with E-state index in [2.05, 4.69) is 11.6 Å². The Hall–Kier alpha value is -0.460. The zero-order chi connectivity index (χ0) is 14.8. The van der Waals surface area contributed by atoms with E-state index >= 15 is 0 Å². The Bertz CT molecular complexity index is 319. The van der Waals surface area contributed by atoms with Crippen LogP contribution in [0.1, 0.15) is 38.5 Å². The fourth-order valence-electron chi connectivity index (χ4n) is 2.50. The van der Waals surface area contributed by atoms with Crippen molar-refractivity contribution in [2.45, 2.75) is 44.6 Å². The molecule has 0 aliphatic carbocycles. The molecule has 1 rings (SSSR count). The number of amides is 2. The number of nitrogens with two attached hydrogens (primary N) is 1. The highest BCUT2D eigenvalue weighted by Crippen LogP contribution is 2.18. The van der Waals surface area contributed by atoms with Crippen LogP contribution in [0.5, 0.6) is 0 Å². The van der Waals surface area contributed by atoms with Gasteiger partial charge in [-0.15, -0.1) is 12.4 Å². The zero-order valence-electron chi connectivity index (χ0n) is 12.8. The van der Waals surface area contributed by atoms with Crippen molar-refractivity contribution >= 4 is 36.0 Å². The molecule has 1 fully saturated rings. The molecule has 0 radical (unpaired) electrons. The molecule has 1 unspecified atom stereocenters. The van der Waals surface area contributed by atoms with Crippen LogP contribution < -0.4 is 11.1 Å². The van der Waals surface area contributed by atoms with Gasteiger partial charge in [-0.3, -0.25) is 9.59 Å². The van der Waals surface area contributed by atoms with Crippen LogP contribution in [0, 0.1) is 0 Å². The first-order valence-electron chi connectivity index (χ1n) is 7.44. The Morgan fingerprint density at radius 2 is 2.10 bits per heavy atom. The van der Waals surface area contributed by atoms with Gasteiger partial charge in [0, 0.05) is 38.5 Å². The van der Waals surface area contributed by atoms with Crippen molar-refractivity contribution in [2.75, 3.05) is 31.6 Å². The van der Waals surface area contributed by atoms with E-state index in [1.807, 2.05) is 4.90 Å². The van der Waals surface area contributed by atoms with Gasteiger partial charge in [0.15, 0.2) is 0 Å². The molecule has 0 spiro atoms. The second-order valence-corrected chi connectivity index (χ2v) is 6.16. The van der Waals surface area contributed by atoms with E-state index in [0.717, 1.165) is 38.0 Å². The van der Waals surface area contributed by atoms with Crippen molar-refractivity contribution < 1.29 is 9.59 Å². The minimum atomic E-state index is -0.0205. The second-order valence-electron chi connectivity index (χ2n) is 5.18. The van der Waals surface area contributed by atoms with Crippen molar-refractivity contribution in [1.29, 1.82) is 0 Å². The van der Waals surface area contributed by atoms with Crippen molar-refractivity contribution in [3.05, 3.63) is 0 Å². The largest absolute Gasteiger partial charge is 0.354 e. The molecule has 7 heteroatoms. The molecule has 0 aromatic carbocycles. The highest BCUT2D eigenvalue weighted by atomic mass is 35.5. The second kappa shape index (κ2) is 12.1. The molecule has 5 nitrogen and oxygen atoms in total. The zero-order valence-corrected chi connectivity index (χ0v) is 14.4. The van der Waals surface area contributed by atoms with Crippen molar-refractivity contribution in [3.8, 4) is 0 Å². The summed E-state index contributed by atoms with van der Waals surface area (Å²) in [7, 11) is 0. The van der Waals surface area contributed by atoms with E-state index < -0.39 is 0 Å². The lowest BCUT2D eigenvalue weighted by atomic mass is 10.0. The van der Waals surface area contributed by atoms with E-state index in [1.165, 1.54) is 0 Å². The Labute approximate surface area is 138 Å². The number of nitrogens with one attached hydrogen (secondary N) is 1. The van der Waals surface area contributed by atoms with Crippen molar-refractivity contribution in [2.24, 2.45) is 5.73 Å². The first-order chi connectivity index (χ1) is 9.69. The third kappa shape index (κ3) is 7.93. The minimum Gasteiger partial charge on any atom is -0.354 e. The summed E-state index contributed by atoms with van der Waals surface area (Å²) in [6.45, 7) is 1.76. The summed E-state index contributed by atoms with van der Waals surface area (Å²) in [6.07, 6.45) is 7.15. The summed E-state index contributed by atoms with van der Waals surface area (Å²) in [6, 6.07) is 0.159. The minimum absolute atomic E-state index is 0. The first kappa shape index (κ1) is 20.5. The SMILES string of the molecule is CSCCCC(=O)N1CCCCC1CNC(=O)CCN.Cl. The molecule has 1 aliphatic heterocycles. The summed E-state index contributed by atoms with van der Waals surface area (Å²) in [5, 5.41) is 2.89. The highest BCUT2D eigenvalue weighted by Gasteiger charge is 2.26. The van der Waals surface area contributed by atoms with Gasteiger partial charge >= 0.3 is 0 Å². The van der Waals surface area contributed by atoms with Crippen LogP contribution in [0.15, 0.2) is 0 Å². The lowest BCUT2D eigenvalue weighted by Gasteiger charge is -2.36. The van der Waals surface area contributed by atoms with Crippen LogP contribution in [0.25, 0.3) is 0 Å². The normalized spacial score (nSPS) is 18.0. The number of hydrogen-bond acceptors (Lipinski definition) is 4. The van der Waals surface area contributed by atoms with Gasteiger partial charge in [0.25, 0.3) is 0 Å². The molecule has 0 aromatic rings. The number of likely N-dealkylation sites (tertiary alicyclic amines) is 1. The number of carbonyl (C=O) groups excluding carboxylic acids is 2. The Morgan fingerprint density at radius 3 is 2.76 bits per heavy atom. The monoisotopic (exact) mass is 337 g/mol. The van der Waals surface area contributed by atoms with Gasteiger partial charge in [-0.05, 0) is 37.7 Å². The molecule has 2 amide bonds. The number of rotatable bonds is 8. The molecule has 1 saturated heterocycles. The lowest BCUT2D eigenvalue weighted by molar-refractivity contribution is -0.135. The highest BCUT2D eigenvalue weighted by molar-refractivity contribution is 7.98. The molecule has 3 N–H and O–H groups in total. The molecular weight excluding hydrogens is 310 g/mol. The van der Waals surface area contributed by atoms with Gasteiger partial charge in [0.2, 0.25) is 11.8 Å². The summed E-state index contributed by atoms with van der Waals surface area (Å²) in [5.41, 5.74) is 5.35. The molecule has 124 valence electrons. The maximum absolute atomic E-state index is 12.2. The van der Waals surface area contributed by atoms with Gasteiger partial charge in [0.1, 0.15) is 0 Å². The predicted octanol–water partition coefficient (Wildman–Crippen LogP) is 1.40. The molecule has 21 heavy (non-hydrogen) atoms. The molecule has 1 atom stereocenters. The standard InChI is InChI=1S/C14H27N3O2S.ClH/c1-20-10-4-6-14(19)17-9-3-2-5-12(17)11-16-13(18)7-8-15;/h12H,2-11,15H2,1H3,(H,16,18);1H. The van der Waals surface area contributed by atoms with E-state index in [0.29, 0.717) is 25.9 Å². The number of piperidine rings is 1. The molecular formula is C14H28ClN3O2S. The summed E-state index contributed by atoms with van der Waals surface area (Å²) >= 11 is 1.77. The fraction of sp³-hybridized carbons (Fsp3) is 0.857. The van der Waals surface area contributed by atoms with E-state index in [1.54, 1.807) is 11.8 Å². The van der Waals surface area contributed by atoms with Gasteiger partial charge in [0.05, 0.1) is 0 Å². The van der Waals surface area contributed by atoms with Crippen LogP contribution in [-0.2, 0) is 9.59 Å². The van der Waals surface area contributed by atoms with Gasteiger partial charge < -0.3 is 16.0 Å². The quantitative estimate of drug-likeness (QED) is 0.656. The Morgan fingerprint density at radius 1 is 1.33 bits per heavy atom. The third-order valence-electron chi connectivity index (χ3n) is 3.59. The Kier molecular flexibility index (Phi) is 11.9. The number of nitrogens with zero attached hydrogens (tertiary/aromatic N) is 1. The van der Waals surface area contributed by atoms with Gasteiger partial charge in [-0.1, -0.05) is 0 Å². The molecule has 0 bridgehead atoms. The van der Waals surface area contributed by atoms with Crippen molar-refractivity contribution in [1.82, 2.24) is 10.2 Å². The average Bonchev–Trinajstić information content (AvgIpc) is 2.46. The maximum Gasteiger partial charge on any atom is 0.222 e. The molecule has 1 aliphatic rings. The summed E-state index contributed by atoms with van der Waals surface area (Å²) in [5.74, 6) is 1.24. The first-order valence-corrected chi connectivity index (χ1v) is 8.83. The maximum atomic E-state index is 12.2. The molecule has 0 aromatic heterocycles. The topological polar surface area (TPSA) is 75.4 Å². The lowest BCUT2D eigenvalue weighted by Crippen LogP contribution is -2.49. The van der Waals surface area contributed by atoms with Gasteiger partial charge in [-0.25, -0.2) is 0 Å². The van der Waals surface area contributed by atoms with E-state index in [4.69, 9.17) is 5.73 Å². The summed E-state index contributed by atoms with van der Waals surface area (Å²) < 4.78 is 0. The fourth-order valence-corrected chi connectivity index (χ4v) is 2.94. The van der Waals surface area contributed by atoms with Crippen LogP contribution >= 0.6 is 24.2 Å². The number of carbonyl (C=O) groups is 2. The molecule has 1 heterocycles. The van der Waals surface area contributed by atoms with Gasteiger partial charge in [-0.2, -0.15) is 11.8 Å². The smallest absolute Gasteiger partial charge is 0.222 e. The van der Waals surface area contributed by atoms with Crippen LogP contribution in [-0.4, -0.2) is 54.4 Å². The number of thioether (sulfide) groups is 1. The summed E-state index contributed by atoms with van der Waals surface area (Å²) in [4.78, 5) is 25.7. The molecule has 0 saturated carbocycles. The van der Waals surface area contributed by atoms with Crippen LogP contribution in [0.4, 0.5) is 0 Å². The van der Waals surface area contributed by atoms with Crippen molar-refractivity contribution in [3.63, 3.8) is 0 Å².